The predicted octanol–water partition coefficient (Wildman–Crippen LogP) is 0.395. The molecule has 5 heteroatoms. The summed E-state index contributed by atoms with van der Waals surface area (Å²) in [6.45, 7) is 5.07. The molecule has 0 saturated carbocycles. The average Bonchev–Trinajstić information content (AvgIpc) is 2.63. The Kier molecular flexibility index (Phi) is 5.02. The van der Waals surface area contributed by atoms with Crippen molar-refractivity contribution >= 4 is 5.84 Å². The molecule has 0 bridgehead atoms. The molecule has 5 nitrogen and oxygen atoms in total. The van der Waals surface area contributed by atoms with Crippen molar-refractivity contribution in [3.63, 3.8) is 0 Å². The Morgan fingerprint density at radius 2 is 2.38 bits per heavy atom. The summed E-state index contributed by atoms with van der Waals surface area (Å²) < 4.78 is 0. The van der Waals surface area contributed by atoms with Crippen molar-refractivity contribution in [2.75, 3.05) is 33.7 Å². The number of likely N-dealkylation sites (N-methyl/N-ethyl adjacent to an activating group) is 2. The first-order chi connectivity index (χ1) is 7.54. The highest BCUT2D eigenvalue weighted by Crippen LogP contribution is 2.15. The lowest BCUT2D eigenvalue weighted by Gasteiger charge is -2.27. The summed E-state index contributed by atoms with van der Waals surface area (Å²) in [7, 11) is 4.27. The normalized spacial score (nSPS) is 25.2. The molecule has 0 aromatic carbocycles. The van der Waals surface area contributed by atoms with Gasteiger partial charge in [0.25, 0.3) is 0 Å². The van der Waals surface area contributed by atoms with Gasteiger partial charge in [0.05, 0.1) is 0 Å². The van der Waals surface area contributed by atoms with Gasteiger partial charge in [0.2, 0.25) is 0 Å². The van der Waals surface area contributed by atoms with E-state index in [0.717, 1.165) is 13.1 Å². The van der Waals surface area contributed by atoms with Crippen LogP contribution < -0.4 is 5.73 Å². The Labute approximate surface area is 97.9 Å². The predicted molar refractivity (Wildman–Crippen MR) is 65.7 cm³/mol. The summed E-state index contributed by atoms with van der Waals surface area (Å²) in [6, 6.07) is 0.657. The molecule has 0 radical (unpaired) electrons. The van der Waals surface area contributed by atoms with Crippen LogP contribution in [-0.2, 0) is 0 Å². The maximum absolute atomic E-state index is 8.58. The van der Waals surface area contributed by atoms with E-state index < -0.39 is 0 Å². The van der Waals surface area contributed by atoms with Gasteiger partial charge in [-0.15, -0.1) is 0 Å². The van der Waals surface area contributed by atoms with Crippen molar-refractivity contribution in [1.82, 2.24) is 9.80 Å². The first kappa shape index (κ1) is 13.3. The van der Waals surface area contributed by atoms with Gasteiger partial charge < -0.3 is 20.7 Å². The molecule has 1 aliphatic rings. The zero-order valence-corrected chi connectivity index (χ0v) is 10.6. The average molecular weight is 228 g/mol. The van der Waals surface area contributed by atoms with Crippen LogP contribution >= 0.6 is 0 Å². The fourth-order valence-corrected chi connectivity index (χ4v) is 2.30. The van der Waals surface area contributed by atoms with Crippen LogP contribution in [0, 0.1) is 5.92 Å². The highest BCUT2D eigenvalue weighted by molar-refractivity contribution is 5.82. The summed E-state index contributed by atoms with van der Waals surface area (Å²) in [5.74, 6) is 0.410. The highest BCUT2D eigenvalue weighted by atomic mass is 16.4. The standard InChI is InChI=1S/C11H24N4O/c1-9(11(12)13-16)7-14(2)8-10-5-4-6-15(10)3/h9-10,16H,4-8H2,1-3H3,(H2,12,13). The van der Waals surface area contributed by atoms with E-state index >= 15 is 0 Å². The van der Waals surface area contributed by atoms with Crippen LogP contribution in [0.4, 0.5) is 0 Å². The van der Waals surface area contributed by atoms with E-state index in [4.69, 9.17) is 10.9 Å². The van der Waals surface area contributed by atoms with Crippen molar-refractivity contribution in [2.24, 2.45) is 16.8 Å². The molecule has 1 fully saturated rings. The smallest absolute Gasteiger partial charge is 0.143 e. The maximum atomic E-state index is 8.58. The third-order valence-corrected chi connectivity index (χ3v) is 3.40. The van der Waals surface area contributed by atoms with Gasteiger partial charge in [-0.1, -0.05) is 12.1 Å². The van der Waals surface area contributed by atoms with Crippen LogP contribution in [0.5, 0.6) is 0 Å². The molecule has 1 saturated heterocycles. The second kappa shape index (κ2) is 6.06. The molecule has 16 heavy (non-hydrogen) atoms. The molecule has 1 heterocycles. The minimum absolute atomic E-state index is 0.0988. The number of hydrogen-bond donors (Lipinski definition) is 2. The minimum atomic E-state index is 0.0988. The lowest BCUT2D eigenvalue weighted by molar-refractivity contribution is 0.212. The van der Waals surface area contributed by atoms with Crippen LogP contribution in [0.2, 0.25) is 0 Å². The molecular weight excluding hydrogens is 204 g/mol. The van der Waals surface area contributed by atoms with E-state index in [9.17, 15) is 0 Å². The van der Waals surface area contributed by atoms with Crippen LogP contribution in [0.15, 0.2) is 5.16 Å². The Morgan fingerprint density at radius 1 is 1.69 bits per heavy atom. The monoisotopic (exact) mass is 228 g/mol. The molecule has 3 N–H and O–H groups in total. The van der Waals surface area contributed by atoms with E-state index in [1.54, 1.807) is 0 Å². The number of amidine groups is 1. The molecular formula is C11H24N4O. The second-order valence-electron chi connectivity index (χ2n) is 4.92. The summed E-state index contributed by atoms with van der Waals surface area (Å²) in [4.78, 5) is 4.67. The number of nitrogens with two attached hydrogens (primary N) is 1. The first-order valence-corrected chi connectivity index (χ1v) is 5.90. The molecule has 0 aromatic rings. The molecule has 0 amide bonds. The molecule has 2 unspecified atom stereocenters. The molecule has 0 spiro atoms. The van der Waals surface area contributed by atoms with Crippen LogP contribution in [0.3, 0.4) is 0 Å². The number of rotatable bonds is 5. The molecule has 0 aromatic heterocycles. The lowest BCUT2D eigenvalue weighted by Crippen LogP contribution is -2.40. The first-order valence-electron chi connectivity index (χ1n) is 5.90. The third-order valence-electron chi connectivity index (χ3n) is 3.40. The van der Waals surface area contributed by atoms with Crippen molar-refractivity contribution in [3.05, 3.63) is 0 Å². The Bertz CT molecular complexity index is 244. The molecule has 1 rings (SSSR count). The van der Waals surface area contributed by atoms with Gasteiger partial charge in [-0.3, -0.25) is 0 Å². The number of likely N-dealkylation sites (tertiary alicyclic amines) is 1. The Balaban J connectivity index is 2.32. The second-order valence-corrected chi connectivity index (χ2v) is 4.92. The van der Waals surface area contributed by atoms with Crippen LogP contribution in [0.25, 0.3) is 0 Å². The summed E-state index contributed by atoms with van der Waals surface area (Å²) in [5.41, 5.74) is 5.56. The van der Waals surface area contributed by atoms with E-state index in [2.05, 4.69) is 29.1 Å². The van der Waals surface area contributed by atoms with Gasteiger partial charge >= 0.3 is 0 Å². The fraction of sp³-hybridized carbons (Fsp3) is 0.909. The largest absolute Gasteiger partial charge is 0.409 e. The van der Waals surface area contributed by atoms with Gasteiger partial charge in [-0.25, -0.2) is 0 Å². The van der Waals surface area contributed by atoms with E-state index in [-0.39, 0.29) is 5.92 Å². The van der Waals surface area contributed by atoms with Crippen molar-refractivity contribution in [2.45, 2.75) is 25.8 Å². The maximum Gasteiger partial charge on any atom is 0.143 e. The molecule has 94 valence electrons. The fourth-order valence-electron chi connectivity index (χ4n) is 2.30. The number of hydrogen-bond acceptors (Lipinski definition) is 4. The van der Waals surface area contributed by atoms with Crippen molar-refractivity contribution in [3.8, 4) is 0 Å². The quantitative estimate of drug-likeness (QED) is 0.309. The van der Waals surface area contributed by atoms with Gasteiger partial charge in [-0.2, -0.15) is 0 Å². The van der Waals surface area contributed by atoms with Gasteiger partial charge in [-0.05, 0) is 33.5 Å². The van der Waals surface area contributed by atoms with Crippen LogP contribution in [0.1, 0.15) is 19.8 Å². The zero-order valence-electron chi connectivity index (χ0n) is 10.6. The topological polar surface area (TPSA) is 65.1 Å². The van der Waals surface area contributed by atoms with Gasteiger partial charge in [0, 0.05) is 25.0 Å². The van der Waals surface area contributed by atoms with E-state index in [1.165, 1.54) is 19.4 Å². The van der Waals surface area contributed by atoms with Gasteiger partial charge in [0.15, 0.2) is 0 Å². The zero-order chi connectivity index (χ0) is 12.1. The van der Waals surface area contributed by atoms with Crippen LogP contribution in [-0.4, -0.2) is 60.6 Å². The summed E-state index contributed by atoms with van der Waals surface area (Å²) in [5, 5.41) is 11.6. The lowest BCUT2D eigenvalue weighted by atomic mass is 10.1. The highest BCUT2D eigenvalue weighted by Gasteiger charge is 2.22. The molecule has 1 aliphatic heterocycles. The Hall–Kier alpha value is -0.810. The Morgan fingerprint density at radius 3 is 2.88 bits per heavy atom. The summed E-state index contributed by atoms with van der Waals surface area (Å²) >= 11 is 0. The SMILES string of the molecule is CC(CN(C)CC1CCCN1C)C(N)=NO. The van der Waals surface area contributed by atoms with Crippen molar-refractivity contribution in [1.29, 1.82) is 0 Å². The number of oxime groups is 1. The van der Waals surface area contributed by atoms with Gasteiger partial charge in [0.1, 0.15) is 5.84 Å². The van der Waals surface area contributed by atoms with Crippen molar-refractivity contribution < 1.29 is 5.21 Å². The summed E-state index contributed by atoms with van der Waals surface area (Å²) in [6.07, 6.45) is 2.57. The molecule has 0 aliphatic carbocycles. The molecule has 2 atom stereocenters. The number of nitrogens with zero attached hydrogens (tertiary/aromatic N) is 3. The van der Waals surface area contributed by atoms with E-state index in [1.807, 2.05) is 6.92 Å². The minimum Gasteiger partial charge on any atom is -0.409 e. The third kappa shape index (κ3) is 3.64. The van der Waals surface area contributed by atoms with E-state index in [0.29, 0.717) is 11.9 Å².